The number of nitrogens with zero attached hydrogens (tertiary/aromatic N) is 2. The van der Waals surface area contributed by atoms with Crippen molar-refractivity contribution in [3.8, 4) is 5.69 Å². The van der Waals surface area contributed by atoms with Crippen molar-refractivity contribution in [1.29, 1.82) is 0 Å². The van der Waals surface area contributed by atoms with Crippen molar-refractivity contribution in [3.63, 3.8) is 0 Å². The summed E-state index contributed by atoms with van der Waals surface area (Å²) in [5, 5.41) is 3.37. The van der Waals surface area contributed by atoms with Crippen molar-refractivity contribution >= 4 is 28.1 Å². The summed E-state index contributed by atoms with van der Waals surface area (Å²) in [6.45, 7) is 0. The second-order valence-corrected chi connectivity index (χ2v) is 4.78. The SMILES string of the molecule is Nc1ccc2c(c1)nc(C(F)(F)F)n2-c1ccsc1. The van der Waals surface area contributed by atoms with Gasteiger partial charge in [-0.1, -0.05) is 0 Å². The lowest BCUT2D eigenvalue weighted by molar-refractivity contribution is -0.145. The zero-order chi connectivity index (χ0) is 13.6. The fraction of sp³-hybridized carbons (Fsp3) is 0.0833. The van der Waals surface area contributed by atoms with Gasteiger partial charge in [-0.25, -0.2) is 4.98 Å². The molecular formula is C12H8F3N3S. The van der Waals surface area contributed by atoms with Crippen LogP contribution in [0, 0.1) is 0 Å². The van der Waals surface area contributed by atoms with Gasteiger partial charge in [-0.15, -0.1) is 0 Å². The van der Waals surface area contributed by atoms with Crippen LogP contribution in [0.15, 0.2) is 35.0 Å². The maximum Gasteiger partial charge on any atom is 0.450 e. The number of imidazole rings is 1. The average molecular weight is 283 g/mol. The Hall–Kier alpha value is -2.02. The highest BCUT2D eigenvalue weighted by atomic mass is 32.1. The number of nitrogen functional groups attached to an aromatic ring is 1. The molecule has 98 valence electrons. The molecule has 0 spiro atoms. The highest BCUT2D eigenvalue weighted by Gasteiger charge is 2.38. The van der Waals surface area contributed by atoms with Crippen LogP contribution < -0.4 is 5.73 Å². The topological polar surface area (TPSA) is 43.8 Å². The number of anilines is 1. The Balaban J connectivity index is 2.39. The fourth-order valence-electron chi connectivity index (χ4n) is 1.93. The molecule has 0 saturated heterocycles. The van der Waals surface area contributed by atoms with Crippen molar-refractivity contribution in [1.82, 2.24) is 9.55 Å². The standard InChI is InChI=1S/C12H8F3N3S/c13-12(14,15)11-17-9-5-7(16)1-2-10(9)18(11)8-3-4-19-6-8/h1-6H,16H2. The van der Waals surface area contributed by atoms with Gasteiger partial charge >= 0.3 is 6.18 Å². The Labute approximate surface area is 110 Å². The molecule has 0 aliphatic carbocycles. The molecule has 0 amide bonds. The molecule has 2 heterocycles. The second-order valence-electron chi connectivity index (χ2n) is 4.00. The van der Waals surface area contributed by atoms with E-state index in [4.69, 9.17) is 5.73 Å². The predicted octanol–water partition coefficient (Wildman–Crippen LogP) is 3.69. The molecule has 0 bridgehead atoms. The number of halogens is 3. The highest BCUT2D eigenvalue weighted by Crippen LogP contribution is 2.34. The summed E-state index contributed by atoms with van der Waals surface area (Å²) in [7, 11) is 0. The van der Waals surface area contributed by atoms with Gasteiger partial charge < -0.3 is 5.73 Å². The van der Waals surface area contributed by atoms with E-state index in [2.05, 4.69) is 4.98 Å². The second kappa shape index (κ2) is 3.99. The Bertz CT molecular complexity index is 729. The summed E-state index contributed by atoms with van der Waals surface area (Å²) >= 11 is 1.33. The minimum Gasteiger partial charge on any atom is -0.399 e. The highest BCUT2D eigenvalue weighted by molar-refractivity contribution is 7.08. The first-order valence-electron chi connectivity index (χ1n) is 5.34. The Morgan fingerprint density at radius 1 is 1.21 bits per heavy atom. The molecule has 0 saturated carbocycles. The maximum absolute atomic E-state index is 13.1. The van der Waals surface area contributed by atoms with Crippen LogP contribution in [0.3, 0.4) is 0 Å². The number of fused-ring (bicyclic) bond motifs is 1. The van der Waals surface area contributed by atoms with Gasteiger partial charge in [0.15, 0.2) is 0 Å². The minimum atomic E-state index is -4.52. The number of thiophene rings is 1. The van der Waals surface area contributed by atoms with Crippen LogP contribution in [0.2, 0.25) is 0 Å². The van der Waals surface area contributed by atoms with Gasteiger partial charge in [0.25, 0.3) is 0 Å². The van der Waals surface area contributed by atoms with Crippen LogP contribution in [0.25, 0.3) is 16.7 Å². The smallest absolute Gasteiger partial charge is 0.399 e. The van der Waals surface area contributed by atoms with Crippen LogP contribution in [0.1, 0.15) is 5.82 Å². The van der Waals surface area contributed by atoms with E-state index >= 15 is 0 Å². The molecule has 3 aromatic rings. The fourth-order valence-corrected chi connectivity index (χ4v) is 2.55. The molecule has 0 atom stereocenters. The summed E-state index contributed by atoms with van der Waals surface area (Å²) in [5.41, 5.74) is 7.04. The van der Waals surface area contributed by atoms with E-state index in [9.17, 15) is 13.2 Å². The number of alkyl halides is 3. The van der Waals surface area contributed by atoms with Gasteiger partial charge in [-0.2, -0.15) is 24.5 Å². The van der Waals surface area contributed by atoms with Gasteiger partial charge in [0.05, 0.1) is 16.7 Å². The van der Waals surface area contributed by atoms with Crippen molar-refractivity contribution in [2.24, 2.45) is 0 Å². The monoisotopic (exact) mass is 283 g/mol. The average Bonchev–Trinajstić information content (AvgIpc) is 2.91. The molecule has 0 aliphatic rings. The summed E-state index contributed by atoms with van der Waals surface area (Å²) < 4.78 is 40.3. The van der Waals surface area contributed by atoms with E-state index in [1.54, 1.807) is 29.0 Å². The first kappa shape index (κ1) is 12.0. The van der Waals surface area contributed by atoms with Gasteiger partial charge in [0, 0.05) is 11.1 Å². The van der Waals surface area contributed by atoms with Gasteiger partial charge in [0.1, 0.15) is 0 Å². The van der Waals surface area contributed by atoms with E-state index in [-0.39, 0.29) is 5.52 Å². The normalized spacial score (nSPS) is 12.2. The number of aromatic nitrogens is 2. The van der Waals surface area contributed by atoms with E-state index in [0.717, 1.165) is 4.57 Å². The van der Waals surface area contributed by atoms with Crippen molar-refractivity contribution in [3.05, 3.63) is 40.8 Å². The third kappa shape index (κ3) is 1.95. The third-order valence-electron chi connectivity index (χ3n) is 2.70. The maximum atomic E-state index is 13.1. The third-order valence-corrected chi connectivity index (χ3v) is 3.37. The van der Waals surface area contributed by atoms with E-state index in [1.165, 1.54) is 17.4 Å². The molecule has 0 fully saturated rings. The van der Waals surface area contributed by atoms with Crippen LogP contribution >= 0.6 is 11.3 Å². The number of rotatable bonds is 1. The van der Waals surface area contributed by atoms with Crippen molar-refractivity contribution in [2.45, 2.75) is 6.18 Å². The summed E-state index contributed by atoms with van der Waals surface area (Å²) in [5.74, 6) is -0.938. The number of hydrogen-bond acceptors (Lipinski definition) is 3. The minimum absolute atomic E-state index is 0.235. The zero-order valence-corrected chi connectivity index (χ0v) is 10.3. The lowest BCUT2D eigenvalue weighted by Crippen LogP contribution is -2.13. The van der Waals surface area contributed by atoms with Gasteiger partial charge in [-0.3, -0.25) is 4.57 Å². The lowest BCUT2D eigenvalue weighted by Gasteiger charge is -2.09. The molecule has 19 heavy (non-hydrogen) atoms. The lowest BCUT2D eigenvalue weighted by atomic mass is 10.3. The molecular weight excluding hydrogens is 275 g/mol. The quantitative estimate of drug-likeness (QED) is 0.692. The number of nitrogens with two attached hydrogens (primary N) is 1. The summed E-state index contributed by atoms with van der Waals surface area (Å²) in [6.07, 6.45) is -4.52. The Morgan fingerprint density at radius 2 is 2.00 bits per heavy atom. The molecule has 7 heteroatoms. The molecule has 0 radical (unpaired) electrons. The van der Waals surface area contributed by atoms with Crippen molar-refractivity contribution < 1.29 is 13.2 Å². The first-order valence-corrected chi connectivity index (χ1v) is 6.29. The molecule has 3 nitrogen and oxygen atoms in total. The zero-order valence-electron chi connectivity index (χ0n) is 9.48. The van der Waals surface area contributed by atoms with Gasteiger partial charge in [-0.05, 0) is 29.6 Å². The largest absolute Gasteiger partial charge is 0.450 e. The molecule has 2 aromatic heterocycles. The van der Waals surface area contributed by atoms with Crippen LogP contribution in [-0.4, -0.2) is 9.55 Å². The van der Waals surface area contributed by atoms with Crippen LogP contribution in [0.4, 0.5) is 18.9 Å². The van der Waals surface area contributed by atoms with E-state index in [0.29, 0.717) is 16.9 Å². The first-order chi connectivity index (χ1) is 8.97. The van der Waals surface area contributed by atoms with Crippen molar-refractivity contribution in [2.75, 3.05) is 5.73 Å². The molecule has 0 unspecified atom stereocenters. The number of hydrogen-bond donors (Lipinski definition) is 1. The molecule has 0 aliphatic heterocycles. The Kier molecular flexibility index (Phi) is 2.53. The predicted molar refractivity (Wildman–Crippen MR) is 68.4 cm³/mol. The van der Waals surface area contributed by atoms with Gasteiger partial charge in [0.2, 0.25) is 5.82 Å². The summed E-state index contributed by atoms with van der Waals surface area (Å²) in [6, 6.07) is 6.17. The van der Waals surface area contributed by atoms with Crippen LogP contribution in [0.5, 0.6) is 0 Å². The number of benzene rings is 1. The Morgan fingerprint density at radius 3 is 2.63 bits per heavy atom. The van der Waals surface area contributed by atoms with E-state index < -0.39 is 12.0 Å². The molecule has 2 N–H and O–H groups in total. The molecule has 1 aromatic carbocycles. The van der Waals surface area contributed by atoms with Crippen LogP contribution in [-0.2, 0) is 6.18 Å². The summed E-state index contributed by atoms with van der Waals surface area (Å²) in [4.78, 5) is 3.66. The molecule has 3 rings (SSSR count). The van der Waals surface area contributed by atoms with E-state index in [1.807, 2.05) is 0 Å².